The Morgan fingerprint density at radius 1 is 1.15 bits per heavy atom. The van der Waals surface area contributed by atoms with Gasteiger partial charge in [-0.1, -0.05) is 30.3 Å². The van der Waals surface area contributed by atoms with Crippen LogP contribution < -0.4 is 11.2 Å². The highest BCUT2D eigenvalue weighted by Gasteiger charge is 2.45. The minimum absolute atomic E-state index is 0.121. The van der Waals surface area contributed by atoms with E-state index in [1.54, 1.807) is 6.92 Å². The van der Waals surface area contributed by atoms with Crippen LogP contribution in [0, 0.1) is 6.92 Å². The maximum Gasteiger partial charge on any atom is 0.328 e. The SMILES string of the molecule is Cc1cn([C@@H]2CO[C@@H]3CO[C@@H](c4ccccc4)O[C@H]3[C@H]2O)c(=O)[nH]c1=O. The van der Waals surface area contributed by atoms with E-state index in [0.29, 0.717) is 5.56 Å². The summed E-state index contributed by atoms with van der Waals surface area (Å²) < 4.78 is 18.7. The van der Waals surface area contributed by atoms with E-state index < -0.39 is 41.9 Å². The topological polar surface area (TPSA) is 103 Å². The Bertz CT molecular complexity index is 893. The van der Waals surface area contributed by atoms with Crippen LogP contribution in [0.1, 0.15) is 23.5 Å². The van der Waals surface area contributed by atoms with Crippen molar-refractivity contribution in [1.82, 2.24) is 9.55 Å². The van der Waals surface area contributed by atoms with Gasteiger partial charge in [0.15, 0.2) is 6.29 Å². The molecule has 0 saturated carbocycles. The normalized spacial score (nSPS) is 31.4. The summed E-state index contributed by atoms with van der Waals surface area (Å²) >= 11 is 0. The zero-order valence-electron chi connectivity index (χ0n) is 14.2. The molecule has 8 nitrogen and oxygen atoms in total. The number of ether oxygens (including phenoxy) is 3. The number of H-pyrrole nitrogens is 1. The first-order valence-electron chi connectivity index (χ1n) is 8.48. The molecule has 2 saturated heterocycles. The number of fused-ring (bicyclic) bond motifs is 1. The highest BCUT2D eigenvalue weighted by Crippen LogP contribution is 2.34. The number of aromatic amines is 1. The Labute approximate surface area is 149 Å². The van der Waals surface area contributed by atoms with Gasteiger partial charge >= 0.3 is 5.69 Å². The first-order valence-corrected chi connectivity index (χ1v) is 8.48. The van der Waals surface area contributed by atoms with Crippen molar-refractivity contribution in [3.8, 4) is 0 Å². The monoisotopic (exact) mass is 360 g/mol. The second-order valence-corrected chi connectivity index (χ2v) is 6.59. The van der Waals surface area contributed by atoms with Crippen LogP contribution >= 0.6 is 0 Å². The molecule has 5 atom stereocenters. The van der Waals surface area contributed by atoms with Crippen molar-refractivity contribution in [2.45, 2.75) is 37.6 Å². The van der Waals surface area contributed by atoms with E-state index in [2.05, 4.69) is 4.98 Å². The van der Waals surface area contributed by atoms with E-state index in [1.165, 1.54) is 10.8 Å². The third kappa shape index (κ3) is 3.01. The van der Waals surface area contributed by atoms with E-state index >= 15 is 0 Å². The Kier molecular flexibility index (Phi) is 4.49. The maximum atomic E-state index is 12.2. The van der Waals surface area contributed by atoms with Crippen molar-refractivity contribution in [3.05, 3.63) is 68.5 Å². The molecule has 1 aromatic heterocycles. The lowest BCUT2D eigenvalue weighted by Crippen LogP contribution is -2.57. The number of hydrogen-bond acceptors (Lipinski definition) is 6. The van der Waals surface area contributed by atoms with Gasteiger partial charge in [-0.3, -0.25) is 14.3 Å². The minimum Gasteiger partial charge on any atom is -0.388 e. The molecular formula is C18H20N2O6. The molecule has 0 unspecified atom stereocenters. The van der Waals surface area contributed by atoms with Gasteiger partial charge in [0.25, 0.3) is 5.56 Å². The van der Waals surface area contributed by atoms with Crippen LogP contribution in [0.5, 0.6) is 0 Å². The van der Waals surface area contributed by atoms with Gasteiger partial charge in [0, 0.05) is 17.3 Å². The lowest BCUT2D eigenvalue weighted by Gasteiger charge is -2.45. The molecule has 2 aliphatic heterocycles. The van der Waals surface area contributed by atoms with Crippen molar-refractivity contribution in [1.29, 1.82) is 0 Å². The van der Waals surface area contributed by atoms with Gasteiger partial charge in [0.05, 0.1) is 19.3 Å². The van der Waals surface area contributed by atoms with Crippen molar-refractivity contribution in [2.75, 3.05) is 13.2 Å². The summed E-state index contributed by atoms with van der Waals surface area (Å²) in [7, 11) is 0. The van der Waals surface area contributed by atoms with E-state index in [0.717, 1.165) is 5.56 Å². The molecule has 2 aromatic rings. The number of aliphatic hydroxyl groups excluding tert-OH is 1. The number of benzene rings is 1. The molecule has 3 heterocycles. The molecule has 0 radical (unpaired) electrons. The fourth-order valence-corrected chi connectivity index (χ4v) is 3.39. The largest absolute Gasteiger partial charge is 0.388 e. The highest BCUT2D eigenvalue weighted by molar-refractivity contribution is 5.16. The molecule has 4 rings (SSSR count). The van der Waals surface area contributed by atoms with Crippen LogP contribution in [0.4, 0.5) is 0 Å². The number of aromatic nitrogens is 2. The summed E-state index contributed by atoms with van der Waals surface area (Å²) in [6, 6.07) is 8.77. The minimum atomic E-state index is -0.980. The summed E-state index contributed by atoms with van der Waals surface area (Å²) in [5.41, 5.74) is 0.200. The van der Waals surface area contributed by atoms with Crippen LogP contribution in [0.25, 0.3) is 0 Å². The summed E-state index contributed by atoms with van der Waals surface area (Å²) in [6.45, 7) is 2.01. The quantitative estimate of drug-likeness (QED) is 0.796. The van der Waals surface area contributed by atoms with Gasteiger partial charge in [-0.15, -0.1) is 0 Å². The van der Waals surface area contributed by atoms with Crippen molar-refractivity contribution in [3.63, 3.8) is 0 Å². The van der Waals surface area contributed by atoms with Gasteiger partial charge in [-0.05, 0) is 6.92 Å². The molecule has 0 aliphatic carbocycles. The Morgan fingerprint density at radius 3 is 2.69 bits per heavy atom. The molecule has 26 heavy (non-hydrogen) atoms. The number of nitrogens with zero attached hydrogens (tertiary/aromatic N) is 1. The third-order valence-electron chi connectivity index (χ3n) is 4.85. The van der Waals surface area contributed by atoms with Crippen LogP contribution in [0.2, 0.25) is 0 Å². The maximum absolute atomic E-state index is 12.2. The van der Waals surface area contributed by atoms with E-state index in [-0.39, 0.29) is 13.2 Å². The fourth-order valence-electron chi connectivity index (χ4n) is 3.39. The van der Waals surface area contributed by atoms with Crippen molar-refractivity contribution in [2.24, 2.45) is 0 Å². The Morgan fingerprint density at radius 2 is 1.92 bits per heavy atom. The molecule has 2 fully saturated rings. The summed E-state index contributed by atoms with van der Waals surface area (Å²) in [5, 5.41) is 10.9. The van der Waals surface area contributed by atoms with Gasteiger partial charge in [0.1, 0.15) is 18.3 Å². The lowest BCUT2D eigenvalue weighted by atomic mass is 9.96. The first-order chi connectivity index (χ1) is 12.5. The number of aliphatic hydroxyl groups is 1. The second-order valence-electron chi connectivity index (χ2n) is 6.59. The lowest BCUT2D eigenvalue weighted by molar-refractivity contribution is -0.306. The summed E-state index contributed by atoms with van der Waals surface area (Å²) in [5.74, 6) is 0. The average Bonchev–Trinajstić information content (AvgIpc) is 2.66. The third-order valence-corrected chi connectivity index (χ3v) is 4.85. The number of nitrogens with one attached hydrogen (secondary N) is 1. The zero-order chi connectivity index (χ0) is 18.3. The standard InChI is InChI=1S/C18H20N2O6/c1-10-7-20(18(23)19-16(10)22)12-8-24-13-9-25-17(26-15(13)14(12)21)11-5-3-2-4-6-11/h2-7,12-15,17,21H,8-9H2,1H3,(H,19,22,23)/t12-,13-,14+,15-,17-/m1/s1. The van der Waals surface area contributed by atoms with Crippen LogP contribution in [-0.4, -0.2) is 46.2 Å². The zero-order valence-corrected chi connectivity index (χ0v) is 14.2. The Balaban J connectivity index is 1.60. The molecular weight excluding hydrogens is 340 g/mol. The number of rotatable bonds is 2. The Hall–Kier alpha value is -2.26. The average molecular weight is 360 g/mol. The van der Waals surface area contributed by atoms with E-state index in [4.69, 9.17) is 14.2 Å². The predicted octanol–water partition coefficient (Wildman–Crippen LogP) is 0.260. The molecule has 2 aliphatic rings. The predicted molar refractivity (Wildman–Crippen MR) is 90.9 cm³/mol. The fraction of sp³-hybridized carbons (Fsp3) is 0.444. The molecule has 1 aromatic carbocycles. The molecule has 138 valence electrons. The van der Waals surface area contributed by atoms with Gasteiger partial charge in [-0.25, -0.2) is 4.79 Å². The molecule has 0 amide bonds. The van der Waals surface area contributed by atoms with Crippen molar-refractivity contribution < 1.29 is 19.3 Å². The number of hydrogen-bond donors (Lipinski definition) is 2. The molecule has 0 bridgehead atoms. The van der Waals surface area contributed by atoms with Gasteiger partial charge in [-0.2, -0.15) is 0 Å². The first kappa shape index (κ1) is 17.2. The van der Waals surface area contributed by atoms with Crippen LogP contribution in [0.3, 0.4) is 0 Å². The summed E-state index contributed by atoms with van der Waals surface area (Å²) in [6.07, 6.45) is -1.21. The second kappa shape index (κ2) is 6.81. The molecule has 0 spiro atoms. The molecule has 2 N–H and O–H groups in total. The summed E-state index contributed by atoms with van der Waals surface area (Å²) in [4.78, 5) is 26.0. The smallest absolute Gasteiger partial charge is 0.328 e. The molecule has 8 heteroatoms. The van der Waals surface area contributed by atoms with Crippen molar-refractivity contribution >= 4 is 0 Å². The highest BCUT2D eigenvalue weighted by atomic mass is 16.7. The van der Waals surface area contributed by atoms with E-state index in [9.17, 15) is 14.7 Å². The van der Waals surface area contributed by atoms with Gasteiger partial charge in [0.2, 0.25) is 0 Å². The van der Waals surface area contributed by atoms with Crippen LogP contribution in [-0.2, 0) is 14.2 Å². The number of aryl methyl sites for hydroxylation is 1. The van der Waals surface area contributed by atoms with Crippen LogP contribution in [0.15, 0.2) is 46.1 Å². The van der Waals surface area contributed by atoms with E-state index in [1.807, 2.05) is 30.3 Å². The van der Waals surface area contributed by atoms with Gasteiger partial charge < -0.3 is 19.3 Å².